The number of hydrogen-bond acceptors (Lipinski definition) is 1. The van der Waals surface area contributed by atoms with Gasteiger partial charge in [0.05, 0.1) is 5.56 Å². The lowest BCUT2D eigenvalue weighted by atomic mass is 9.85. The van der Waals surface area contributed by atoms with E-state index in [9.17, 15) is 9.90 Å². The van der Waals surface area contributed by atoms with Crippen LogP contribution < -0.4 is 0 Å². The predicted molar refractivity (Wildman–Crippen MR) is 89.6 cm³/mol. The second-order valence-electron chi connectivity index (χ2n) is 5.63. The molecule has 0 aliphatic carbocycles. The fourth-order valence-electron chi connectivity index (χ4n) is 3.16. The third-order valence-electron chi connectivity index (χ3n) is 4.27. The van der Waals surface area contributed by atoms with Crippen LogP contribution in [-0.4, -0.2) is 11.1 Å². The molecule has 0 heterocycles. The van der Waals surface area contributed by atoms with Gasteiger partial charge in [-0.25, -0.2) is 4.79 Å². The molecule has 0 saturated carbocycles. The average Bonchev–Trinajstić information content (AvgIpc) is 2.54. The Bertz CT molecular complexity index is 844. The van der Waals surface area contributed by atoms with Gasteiger partial charge in [-0.3, -0.25) is 0 Å². The van der Waals surface area contributed by atoms with Crippen molar-refractivity contribution in [2.45, 2.75) is 19.8 Å². The van der Waals surface area contributed by atoms with Crippen LogP contribution in [0, 0.1) is 6.92 Å². The van der Waals surface area contributed by atoms with E-state index < -0.39 is 5.97 Å². The normalized spacial score (nSPS) is 12.3. The molecule has 1 N–H and O–H groups in total. The molecule has 0 amide bonds. The largest absolute Gasteiger partial charge is 0.478 e. The molecule has 0 spiro atoms. The molecule has 22 heavy (non-hydrogen) atoms. The number of fused-ring (bicyclic) bond motifs is 1. The van der Waals surface area contributed by atoms with Crippen molar-refractivity contribution < 1.29 is 9.90 Å². The first-order valence-electron chi connectivity index (χ1n) is 7.40. The van der Waals surface area contributed by atoms with Crippen LogP contribution >= 0.6 is 0 Å². The van der Waals surface area contributed by atoms with Crippen molar-refractivity contribution in [3.05, 3.63) is 82.9 Å². The lowest BCUT2D eigenvalue weighted by Crippen LogP contribution is -2.07. The second-order valence-corrected chi connectivity index (χ2v) is 5.63. The van der Waals surface area contributed by atoms with Crippen LogP contribution in [0.15, 0.2) is 60.7 Å². The summed E-state index contributed by atoms with van der Waals surface area (Å²) >= 11 is 0. The summed E-state index contributed by atoms with van der Waals surface area (Å²) in [6.45, 7) is 4.17. The Morgan fingerprint density at radius 2 is 1.55 bits per heavy atom. The molecule has 0 radical (unpaired) electrons. The molecule has 0 saturated heterocycles. The highest BCUT2D eigenvalue weighted by Crippen LogP contribution is 2.33. The summed E-state index contributed by atoms with van der Waals surface area (Å²) in [5.41, 5.74) is 3.61. The molecule has 0 aliphatic heterocycles. The molecule has 0 bridgehead atoms. The lowest BCUT2D eigenvalue weighted by Gasteiger charge is -2.18. The summed E-state index contributed by atoms with van der Waals surface area (Å²) < 4.78 is 0. The summed E-state index contributed by atoms with van der Waals surface area (Å²) in [5, 5.41) is 11.8. The van der Waals surface area contributed by atoms with Crippen LogP contribution in [0.25, 0.3) is 10.8 Å². The summed E-state index contributed by atoms with van der Waals surface area (Å²) in [6.07, 6.45) is 0. The summed E-state index contributed by atoms with van der Waals surface area (Å²) in [5.74, 6) is -0.850. The highest BCUT2D eigenvalue weighted by molar-refractivity contribution is 5.92. The van der Waals surface area contributed by atoms with E-state index in [1.165, 1.54) is 21.9 Å². The molecule has 0 fully saturated rings. The van der Waals surface area contributed by atoms with Crippen LogP contribution in [0.1, 0.15) is 39.9 Å². The van der Waals surface area contributed by atoms with Gasteiger partial charge in [-0.15, -0.1) is 0 Å². The van der Waals surface area contributed by atoms with Gasteiger partial charge < -0.3 is 5.11 Å². The molecule has 2 heteroatoms. The van der Waals surface area contributed by atoms with E-state index >= 15 is 0 Å². The maximum absolute atomic E-state index is 11.5. The molecular weight excluding hydrogens is 272 g/mol. The maximum atomic E-state index is 11.5. The highest BCUT2D eigenvalue weighted by Gasteiger charge is 2.18. The highest BCUT2D eigenvalue weighted by atomic mass is 16.4. The first kappa shape index (κ1) is 14.3. The molecule has 1 unspecified atom stereocenters. The van der Waals surface area contributed by atoms with Crippen LogP contribution in [-0.2, 0) is 0 Å². The Hall–Kier alpha value is -2.61. The van der Waals surface area contributed by atoms with Crippen molar-refractivity contribution in [2.75, 3.05) is 0 Å². The smallest absolute Gasteiger partial charge is 0.335 e. The van der Waals surface area contributed by atoms with E-state index in [1.807, 2.05) is 18.2 Å². The van der Waals surface area contributed by atoms with Crippen LogP contribution in [0.5, 0.6) is 0 Å². The Morgan fingerprint density at radius 3 is 2.27 bits per heavy atom. The lowest BCUT2D eigenvalue weighted by molar-refractivity contribution is 0.0695. The minimum Gasteiger partial charge on any atom is -0.478 e. The third-order valence-corrected chi connectivity index (χ3v) is 4.27. The third kappa shape index (κ3) is 2.37. The Balaban J connectivity index is 2.22. The average molecular weight is 290 g/mol. The van der Waals surface area contributed by atoms with E-state index in [1.54, 1.807) is 12.1 Å². The molecule has 0 aliphatic rings. The van der Waals surface area contributed by atoms with Gasteiger partial charge in [0.15, 0.2) is 0 Å². The van der Waals surface area contributed by atoms with Crippen molar-refractivity contribution in [1.29, 1.82) is 0 Å². The monoisotopic (exact) mass is 290 g/mol. The van der Waals surface area contributed by atoms with E-state index in [0.717, 1.165) is 5.56 Å². The molecule has 3 aromatic rings. The number of benzene rings is 3. The zero-order valence-corrected chi connectivity index (χ0v) is 12.7. The van der Waals surface area contributed by atoms with Gasteiger partial charge in [-0.2, -0.15) is 0 Å². The summed E-state index contributed by atoms with van der Waals surface area (Å²) in [7, 11) is 0. The van der Waals surface area contributed by atoms with Gasteiger partial charge in [0.25, 0.3) is 0 Å². The van der Waals surface area contributed by atoms with E-state index in [4.69, 9.17) is 0 Å². The van der Waals surface area contributed by atoms with Crippen molar-refractivity contribution >= 4 is 16.7 Å². The first-order valence-corrected chi connectivity index (χ1v) is 7.40. The standard InChI is InChI=1S/C20H18O2/c1-13-7-5-8-15-9-6-12-17(19(13)15)14(2)16-10-3-4-11-18(16)20(21)22/h3-12,14H,1-2H3,(H,21,22). The zero-order chi connectivity index (χ0) is 15.7. The predicted octanol–water partition coefficient (Wildman–Crippen LogP) is 5.00. The Kier molecular flexibility index (Phi) is 3.68. The molecule has 0 aromatic heterocycles. The van der Waals surface area contributed by atoms with Crippen molar-refractivity contribution in [3.63, 3.8) is 0 Å². The van der Waals surface area contributed by atoms with E-state index in [0.29, 0.717) is 5.56 Å². The Labute approximate surface area is 130 Å². The molecule has 1 atom stereocenters. The number of rotatable bonds is 3. The number of carboxylic acids is 1. The van der Waals surface area contributed by atoms with Crippen molar-refractivity contribution in [3.8, 4) is 0 Å². The fraction of sp³-hybridized carbons (Fsp3) is 0.150. The molecular formula is C20H18O2. The van der Waals surface area contributed by atoms with Crippen molar-refractivity contribution in [1.82, 2.24) is 0 Å². The van der Waals surface area contributed by atoms with Crippen LogP contribution in [0.2, 0.25) is 0 Å². The number of aryl methyl sites for hydroxylation is 1. The molecule has 2 nitrogen and oxygen atoms in total. The first-order chi connectivity index (χ1) is 10.6. The number of hydrogen-bond donors (Lipinski definition) is 1. The summed E-state index contributed by atoms with van der Waals surface area (Å²) in [6, 6.07) is 19.7. The van der Waals surface area contributed by atoms with Gasteiger partial charge in [-0.1, -0.05) is 61.5 Å². The van der Waals surface area contributed by atoms with Gasteiger partial charge in [0, 0.05) is 5.92 Å². The number of carboxylic acid groups (broad SMARTS) is 1. The number of aromatic carboxylic acids is 1. The summed E-state index contributed by atoms with van der Waals surface area (Å²) in [4.78, 5) is 11.5. The minimum absolute atomic E-state index is 0.0251. The van der Waals surface area contributed by atoms with Crippen LogP contribution in [0.3, 0.4) is 0 Å². The zero-order valence-electron chi connectivity index (χ0n) is 12.7. The Morgan fingerprint density at radius 1 is 0.909 bits per heavy atom. The van der Waals surface area contributed by atoms with Gasteiger partial charge in [0.2, 0.25) is 0 Å². The molecule has 3 aromatic carbocycles. The topological polar surface area (TPSA) is 37.3 Å². The second kappa shape index (κ2) is 5.64. The molecule has 110 valence electrons. The van der Waals surface area contributed by atoms with Gasteiger partial charge in [0.1, 0.15) is 0 Å². The van der Waals surface area contributed by atoms with Gasteiger partial charge >= 0.3 is 5.97 Å². The fourth-order valence-corrected chi connectivity index (χ4v) is 3.16. The van der Waals surface area contributed by atoms with E-state index in [-0.39, 0.29) is 5.92 Å². The maximum Gasteiger partial charge on any atom is 0.335 e. The van der Waals surface area contributed by atoms with Crippen LogP contribution in [0.4, 0.5) is 0 Å². The van der Waals surface area contributed by atoms with Gasteiger partial charge in [-0.05, 0) is 40.5 Å². The number of carbonyl (C=O) groups is 1. The van der Waals surface area contributed by atoms with E-state index in [2.05, 4.69) is 44.2 Å². The van der Waals surface area contributed by atoms with Crippen molar-refractivity contribution in [2.24, 2.45) is 0 Å². The molecule has 3 rings (SSSR count). The quantitative estimate of drug-likeness (QED) is 0.737. The SMILES string of the molecule is Cc1cccc2cccc(C(C)c3ccccc3C(=O)O)c12. The minimum atomic E-state index is -0.876.